The van der Waals surface area contributed by atoms with Crippen LogP contribution in [0.4, 0.5) is 0 Å². The molecule has 0 atom stereocenters. The highest BCUT2D eigenvalue weighted by atomic mass is 79.9. The second-order valence-corrected chi connectivity index (χ2v) is 6.02. The molecular formula is C12H14BrNOS. The van der Waals surface area contributed by atoms with Gasteiger partial charge in [0.2, 0.25) is 0 Å². The van der Waals surface area contributed by atoms with Crippen LogP contribution in [0.1, 0.15) is 13.8 Å². The van der Waals surface area contributed by atoms with E-state index in [0.29, 0.717) is 0 Å². The molecule has 1 aromatic carbocycles. The van der Waals surface area contributed by atoms with Crippen LogP contribution in [-0.2, 0) is 0 Å². The smallest absolute Gasteiger partial charge is 0.256 e. The predicted molar refractivity (Wildman–Crippen MR) is 72.3 cm³/mol. The zero-order chi connectivity index (χ0) is 11.6. The minimum Gasteiger partial charge on any atom is -0.431 e. The molecule has 0 N–H and O–H groups in total. The summed E-state index contributed by atoms with van der Waals surface area (Å²) in [6, 6.07) is 7.85. The second kappa shape index (κ2) is 4.80. The van der Waals surface area contributed by atoms with Gasteiger partial charge in [-0.2, -0.15) is 0 Å². The number of benzene rings is 1. The lowest BCUT2D eigenvalue weighted by Gasteiger charge is -2.19. The third-order valence-electron chi connectivity index (χ3n) is 2.22. The maximum Gasteiger partial charge on any atom is 0.256 e. The first-order valence-electron chi connectivity index (χ1n) is 5.15. The van der Waals surface area contributed by atoms with E-state index in [1.807, 2.05) is 24.3 Å². The zero-order valence-corrected chi connectivity index (χ0v) is 11.8. The van der Waals surface area contributed by atoms with Crippen LogP contribution in [0, 0.1) is 5.41 Å². The summed E-state index contributed by atoms with van der Waals surface area (Å²) in [5, 5.41) is 1.74. The van der Waals surface area contributed by atoms with Gasteiger partial charge in [0.25, 0.3) is 5.22 Å². The van der Waals surface area contributed by atoms with E-state index in [0.717, 1.165) is 27.4 Å². The van der Waals surface area contributed by atoms with Crippen LogP contribution in [0.25, 0.3) is 11.1 Å². The monoisotopic (exact) mass is 299 g/mol. The number of halogens is 1. The molecular weight excluding hydrogens is 286 g/mol. The first kappa shape index (κ1) is 12.0. The number of hydrogen-bond acceptors (Lipinski definition) is 3. The van der Waals surface area contributed by atoms with Crippen molar-refractivity contribution in [1.82, 2.24) is 4.98 Å². The number of aromatic nitrogens is 1. The third kappa shape index (κ3) is 2.80. The summed E-state index contributed by atoms with van der Waals surface area (Å²) < 4.78 is 5.64. The lowest BCUT2D eigenvalue weighted by atomic mass is 10.0. The third-order valence-corrected chi connectivity index (χ3v) is 5.09. The number of fused-ring (bicyclic) bond motifs is 1. The van der Waals surface area contributed by atoms with Gasteiger partial charge in [-0.25, -0.2) is 4.98 Å². The standard InChI is InChI=1S/C12H14BrNOS/c1-12(2,7-13)8-16-11-14-9-5-3-4-6-10(9)15-11/h3-6H,7-8H2,1-2H3. The van der Waals surface area contributed by atoms with Crippen molar-refractivity contribution in [3.05, 3.63) is 24.3 Å². The van der Waals surface area contributed by atoms with Crippen molar-refractivity contribution < 1.29 is 4.42 Å². The maximum atomic E-state index is 5.64. The molecule has 0 radical (unpaired) electrons. The Hall–Kier alpha value is -0.480. The van der Waals surface area contributed by atoms with E-state index in [-0.39, 0.29) is 5.41 Å². The number of thioether (sulfide) groups is 1. The van der Waals surface area contributed by atoms with E-state index in [4.69, 9.17) is 4.42 Å². The van der Waals surface area contributed by atoms with Gasteiger partial charge in [0.15, 0.2) is 5.58 Å². The van der Waals surface area contributed by atoms with E-state index in [9.17, 15) is 0 Å². The Labute approximate surface area is 108 Å². The van der Waals surface area contributed by atoms with Crippen molar-refractivity contribution in [1.29, 1.82) is 0 Å². The Bertz CT molecular complexity index is 448. The molecule has 0 saturated heterocycles. The van der Waals surface area contributed by atoms with Gasteiger partial charge in [-0.05, 0) is 17.5 Å². The molecule has 0 aliphatic carbocycles. The molecule has 0 amide bonds. The fraction of sp³-hybridized carbons (Fsp3) is 0.417. The normalized spacial score (nSPS) is 12.2. The number of hydrogen-bond donors (Lipinski definition) is 0. The van der Waals surface area contributed by atoms with E-state index in [2.05, 4.69) is 34.8 Å². The average Bonchev–Trinajstić information content (AvgIpc) is 2.69. The summed E-state index contributed by atoms with van der Waals surface area (Å²) in [5.74, 6) is 0.991. The fourth-order valence-electron chi connectivity index (χ4n) is 1.21. The summed E-state index contributed by atoms with van der Waals surface area (Å²) >= 11 is 5.18. The van der Waals surface area contributed by atoms with E-state index in [1.165, 1.54) is 0 Å². The Morgan fingerprint density at radius 2 is 2.12 bits per heavy atom. The fourth-order valence-corrected chi connectivity index (χ4v) is 2.60. The molecule has 0 aliphatic heterocycles. The highest BCUT2D eigenvalue weighted by Gasteiger charge is 2.18. The molecule has 4 heteroatoms. The highest BCUT2D eigenvalue weighted by Crippen LogP contribution is 2.30. The largest absolute Gasteiger partial charge is 0.431 e. The van der Waals surface area contributed by atoms with Gasteiger partial charge < -0.3 is 4.42 Å². The van der Waals surface area contributed by atoms with Gasteiger partial charge in [0.05, 0.1) is 0 Å². The van der Waals surface area contributed by atoms with Gasteiger partial charge in [-0.3, -0.25) is 0 Å². The molecule has 16 heavy (non-hydrogen) atoms. The minimum absolute atomic E-state index is 0.255. The minimum atomic E-state index is 0.255. The van der Waals surface area contributed by atoms with Crippen LogP contribution in [0.3, 0.4) is 0 Å². The zero-order valence-electron chi connectivity index (χ0n) is 9.37. The van der Waals surface area contributed by atoms with Gasteiger partial charge in [-0.1, -0.05) is 53.7 Å². The summed E-state index contributed by atoms with van der Waals surface area (Å²) in [7, 11) is 0. The second-order valence-electron chi connectivity index (χ2n) is 4.53. The first-order valence-corrected chi connectivity index (χ1v) is 7.26. The van der Waals surface area contributed by atoms with Gasteiger partial charge in [0, 0.05) is 11.1 Å². The molecule has 0 aliphatic rings. The number of para-hydroxylation sites is 2. The summed E-state index contributed by atoms with van der Waals surface area (Å²) in [6.45, 7) is 4.44. The Kier molecular flexibility index (Phi) is 3.60. The predicted octanol–water partition coefficient (Wildman–Crippen LogP) is 4.34. The van der Waals surface area contributed by atoms with Crippen molar-refractivity contribution in [2.75, 3.05) is 11.1 Å². The highest BCUT2D eigenvalue weighted by molar-refractivity contribution is 9.09. The van der Waals surface area contributed by atoms with Crippen molar-refractivity contribution >= 4 is 38.8 Å². The molecule has 2 nitrogen and oxygen atoms in total. The summed E-state index contributed by atoms with van der Waals surface area (Å²) in [6.07, 6.45) is 0. The Morgan fingerprint density at radius 3 is 2.81 bits per heavy atom. The van der Waals surface area contributed by atoms with Crippen molar-refractivity contribution in [2.45, 2.75) is 19.1 Å². The molecule has 0 fully saturated rings. The SMILES string of the molecule is CC(C)(CBr)CSc1nc2ccccc2o1. The van der Waals surface area contributed by atoms with Crippen molar-refractivity contribution in [3.8, 4) is 0 Å². The molecule has 0 spiro atoms. The summed E-state index contributed by atoms with van der Waals surface area (Å²) in [4.78, 5) is 4.43. The van der Waals surface area contributed by atoms with E-state index in [1.54, 1.807) is 11.8 Å². The van der Waals surface area contributed by atoms with Crippen LogP contribution in [0.2, 0.25) is 0 Å². The van der Waals surface area contributed by atoms with Crippen LogP contribution < -0.4 is 0 Å². The van der Waals surface area contributed by atoms with Crippen LogP contribution >= 0.6 is 27.7 Å². The van der Waals surface area contributed by atoms with Crippen molar-refractivity contribution in [3.63, 3.8) is 0 Å². The Balaban J connectivity index is 2.10. The molecule has 86 valence electrons. The lowest BCUT2D eigenvalue weighted by molar-refractivity contribution is 0.473. The first-order chi connectivity index (χ1) is 7.61. The van der Waals surface area contributed by atoms with Gasteiger partial charge in [-0.15, -0.1) is 0 Å². The molecule has 2 aromatic rings. The molecule has 0 bridgehead atoms. The molecule has 0 unspecified atom stereocenters. The van der Waals surface area contributed by atoms with Crippen LogP contribution in [-0.4, -0.2) is 16.1 Å². The van der Waals surface area contributed by atoms with Crippen LogP contribution in [0.15, 0.2) is 33.9 Å². The number of nitrogens with zero attached hydrogens (tertiary/aromatic N) is 1. The summed E-state index contributed by atoms with van der Waals surface area (Å²) in [5.41, 5.74) is 2.05. The van der Waals surface area contributed by atoms with E-state index >= 15 is 0 Å². The van der Waals surface area contributed by atoms with E-state index < -0.39 is 0 Å². The molecule has 1 aromatic heterocycles. The van der Waals surface area contributed by atoms with Crippen LogP contribution in [0.5, 0.6) is 0 Å². The quantitative estimate of drug-likeness (QED) is 0.620. The lowest BCUT2D eigenvalue weighted by Crippen LogP contribution is -2.15. The Morgan fingerprint density at radius 1 is 1.38 bits per heavy atom. The average molecular weight is 300 g/mol. The number of oxazole rings is 1. The maximum absolute atomic E-state index is 5.64. The number of alkyl halides is 1. The van der Waals surface area contributed by atoms with Gasteiger partial charge >= 0.3 is 0 Å². The van der Waals surface area contributed by atoms with Crippen molar-refractivity contribution in [2.24, 2.45) is 5.41 Å². The number of rotatable bonds is 4. The van der Waals surface area contributed by atoms with Gasteiger partial charge in [0.1, 0.15) is 5.52 Å². The topological polar surface area (TPSA) is 26.0 Å². The molecule has 0 saturated carbocycles. The molecule has 1 heterocycles. The molecule has 2 rings (SSSR count).